The number of hydrogen-bond donors (Lipinski definition) is 2. The van der Waals surface area contributed by atoms with Crippen molar-refractivity contribution in [3.05, 3.63) is 73.1 Å². The van der Waals surface area contributed by atoms with Gasteiger partial charge in [0.05, 0.1) is 0 Å². The average Bonchev–Trinajstić information content (AvgIpc) is 3.05. The Hall–Kier alpha value is -3.60. The zero-order valence-corrected chi connectivity index (χ0v) is 13.3. The van der Waals surface area contributed by atoms with E-state index in [0.29, 0.717) is 11.3 Å². The van der Waals surface area contributed by atoms with Gasteiger partial charge in [-0.3, -0.25) is 4.98 Å². The zero-order chi connectivity index (χ0) is 17.2. The summed E-state index contributed by atoms with van der Waals surface area (Å²) in [4.78, 5) is 15.6. The summed E-state index contributed by atoms with van der Waals surface area (Å²) in [5.74, 6) is 0. The zero-order valence-electron chi connectivity index (χ0n) is 13.3. The van der Waals surface area contributed by atoms with Gasteiger partial charge in [0.25, 0.3) is 0 Å². The molecule has 4 rings (SSSR count). The number of nitrogens with zero attached hydrogens (tertiary/aromatic N) is 1. The Bertz CT molecular complexity index is 1050. The summed E-state index contributed by atoms with van der Waals surface area (Å²) in [6.07, 6.45) is 3.51. The lowest BCUT2D eigenvalue weighted by molar-refractivity contribution is 0.259. The fraction of sp³-hybridized carbons (Fsp3) is 0. The summed E-state index contributed by atoms with van der Waals surface area (Å²) in [5.41, 5.74) is 11.1. The highest BCUT2D eigenvalue weighted by Crippen LogP contribution is 2.32. The van der Waals surface area contributed by atoms with Crippen molar-refractivity contribution >= 4 is 22.8 Å². The fourth-order valence-corrected chi connectivity index (χ4v) is 2.81. The molecule has 122 valence electrons. The Morgan fingerprint density at radius 1 is 0.960 bits per heavy atom. The van der Waals surface area contributed by atoms with Crippen LogP contribution in [-0.2, 0) is 0 Å². The Morgan fingerprint density at radius 2 is 1.76 bits per heavy atom. The molecule has 0 fully saturated rings. The van der Waals surface area contributed by atoms with E-state index < -0.39 is 6.03 Å². The monoisotopic (exact) mass is 329 g/mol. The Balaban J connectivity index is 1.76. The van der Waals surface area contributed by atoms with Gasteiger partial charge >= 0.3 is 6.03 Å². The molecule has 0 radical (unpaired) electrons. The molecule has 25 heavy (non-hydrogen) atoms. The maximum Gasteiger partial charge on any atom is 0.316 e. The van der Waals surface area contributed by atoms with Crippen LogP contribution < -0.4 is 11.1 Å². The highest BCUT2D eigenvalue weighted by molar-refractivity contribution is 5.94. The van der Waals surface area contributed by atoms with E-state index in [1.165, 1.54) is 0 Å². The second-order valence-corrected chi connectivity index (χ2v) is 5.66. The van der Waals surface area contributed by atoms with Crippen LogP contribution >= 0.6 is 0 Å². The number of rotatable bonds is 3. The lowest BCUT2D eigenvalue weighted by Gasteiger charge is -2.04. The average molecular weight is 329 g/mol. The highest BCUT2D eigenvalue weighted by atomic mass is 16.3. The normalized spacial score (nSPS) is 10.7. The smallest absolute Gasteiger partial charge is 0.316 e. The van der Waals surface area contributed by atoms with Crippen molar-refractivity contribution < 1.29 is 9.21 Å². The predicted molar refractivity (Wildman–Crippen MR) is 98.1 cm³/mol. The molecule has 2 amide bonds. The third-order valence-corrected chi connectivity index (χ3v) is 3.96. The number of carbonyl (C=O) groups excluding carboxylic acids is 1. The van der Waals surface area contributed by atoms with Gasteiger partial charge in [-0.1, -0.05) is 42.5 Å². The highest BCUT2D eigenvalue weighted by Gasteiger charge is 2.11. The number of fused-ring (bicyclic) bond motifs is 1. The van der Waals surface area contributed by atoms with Gasteiger partial charge in [0.1, 0.15) is 11.8 Å². The number of urea groups is 1. The SMILES string of the molecule is NC(=O)Nc1cccc(-c2coc3cc(-c4ccccc4)cnc23)c1. The maximum atomic E-state index is 11.0. The van der Waals surface area contributed by atoms with E-state index in [4.69, 9.17) is 10.2 Å². The molecule has 0 aliphatic rings. The Labute approximate surface area is 144 Å². The number of aromatic nitrogens is 1. The molecule has 2 aromatic heterocycles. The number of carbonyl (C=O) groups is 1. The number of amides is 2. The van der Waals surface area contributed by atoms with Crippen molar-refractivity contribution in [2.45, 2.75) is 0 Å². The van der Waals surface area contributed by atoms with Crippen LogP contribution in [0.15, 0.2) is 77.5 Å². The molecule has 0 aliphatic carbocycles. The molecule has 0 saturated heterocycles. The number of furan rings is 1. The van der Waals surface area contributed by atoms with Crippen molar-refractivity contribution in [3.63, 3.8) is 0 Å². The van der Waals surface area contributed by atoms with E-state index >= 15 is 0 Å². The Kier molecular flexibility index (Phi) is 3.67. The van der Waals surface area contributed by atoms with Crippen molar-refractivity contribution in [1.82, 2.24) is 4.98 Å². The summed E-state index contributed by atoms with van der Waals surface area (Å²) >= 11 is 0. The van der Waals surface area contributed by atoms with Gasteiger partial charge in [0.15, 0.2) is 5.58 Å². The number of anilines is 1. The predicted octanol–water partition coefficient (Wildman–Crippen LogP) is 4.65. The van der Waals surface area contributed by atoms with E-state index in [2.05, 4.69) is 10.3 Å². The summed E-state index contributed by atoms with van der Waals surface area (Å²) in [6.45, 7) is 0. The molecule has 2 heterocycles. The van der Waals surface area contributed by atoms with Crippen LogP contribution in [0.4, 0.5) is 10.5 Å². The molecule has 5 nitrogen and oxygen atoms in total. The van der Waals surface area contributed by atoms with Crippen molar-refractivity contribution in [3.8, 4) is 22.3 Å². The number of nitrogens with one attached hydrogen (secondary N) is 1. The molecular formula is C20H15N3O2. The Morgan fingerprint density at radius 3 is 2.56 bits per heavy atom. The molecule has 0 saturated carbocycles. The number of benzene rings is 2. The van der Waals surface area contributed by atoms with Crippen LogP contribution in [0, 0.1) is 0 Å². The topological polar surface area (TPSA) is 81.2 Å². The van der Waals surface area contributed by atoms with Crippen molar-refractivity contribution in [1.29, 1.82) is 0 Å². The number of pyridine rings is 1. The van der Waals surface area contributed by atoms with E-state index in [1.54, 1.807) is 12.3 Å². The minimum Gasteiger partial charge on any atom is -0.462 e. The third-order valence-electron chi connectivity index (χ3n) is 3.96. The molecule has 5 heteroatoms. The van der Waals surface area contributed by atoms with Gasteiger partial charge in [0, 0.05) is 23.0 Å². The van der Waals surface area contributed by atoms with Gasteiger partial charge in [-0.25, -0.2) is 4.79 Å². The summed E-state index contributed by atoms with van der Waals surface area (Å²) in [6, 6.07) is 18.8. The molecule has 2 aromatic carbocycles. The van der Waals surface area contributed by atoms with E-state index in [1.807, 2.05) is 60.8 Å². The fourth-order valence-electron chi connectivity index (χ4n) is 2.81. The molecule has 0 atom stereocenters. The lowest BCUT2D eigenvalue weighted by Crippen LogP contribution is -2.19. The van der Waals surface area contributed by atoms with E-state index in [-0.39, 0.29) is 0 Å². The first kappa shape index (κ1) is 15.0. The van der Waals surface area contributed by atoms with Gasteiger partial charge in [-0.15, -0.1) is 0 Å². The quantitative estimate of drug-likeness (QED) is 0.574. The molecular weight excluding hydrogens is 314 g/mol. The molecule has 0 aliphatic heterocycles. The van der Waals surface area contributed by atoms with Crippen molar-refractivity contribution in [2.24, 2.45) is 5.73 Å². The molecule has 4 aromatic rings. The molecule has 3 N–H and O–H groups in total. The van der Waals surface area contributed by atoms with Crippen LogP contribution in [0.25, 0.3) is 33.4 Å². The van der Waals surface area contributed by atoms with Gasteiger partial charge < -0.3 is 15.5 Å². The minimum absolute atomic E-state index is 0.597. The van der Waals surface area contributed by atoms with Crippen LogP contribution in [0.2, 0.25) is 0 Å². The van der Waals surface area contributed by atoms with Crippen LogP contribution in [0.5, 0.6) is 0 Å². The van der Waals surface area contributed by atoms with Crippen LogP contribution in [0.3, 0.4) is 0 Å². The van der Waals surface area contributed by atoms with Crippen LogP contribution in [-0.4, -0.2) is 11.0 Å². The van der Waals surface area contributed by atoms with E-state index in [9.17, 15) is 4.79 Å². The molecule has 0 spiro atoms. The second-order valence-electron chi connectivity index (χ2n) is 5.66. The first-order valence-electron chi connectivity index (χ1n) is 7.80. The van der Waals surface area contributed by atoms with Gasteiger partial charge in [0.2, 0.25) is 0 Å². The summed E-state index contributed by atoms with van der Waals surface area (Å²) < 4.78 is 5.71. The van der Waals surface area contributed by atoms with E-state index in [0.717, 1.165) is 27.8 Å². The third kappa shape index (κ3) is 2.95. The van der Waals surface area contributed by atoms with Gasteiger partial charge in [-0.05, 0) is 29.3 Å². The largest absolute Gasteiger partial charge is 0.462 e. The number of hydrogen-bond acceptors (Lipinski definition) is 3. The van der Waals surface area contributed by atoms with Gasteiger partial charge in [-0.2, -0.15) is 0 Å². The summed E-state index contributed by atoms with van der Waals surface area (Å²) in [7, 11) is 0. The lowest BCUT2D eigenvalue weighted by atomic mass is 10.0. The number of nitrogens with two attached hydrogens (primary N) is 1. The first-order valence-corrected chi connectivity index (χ1v) is 7.80. The standard InChI is InChI=1S/C20H15N3O2/c21-20(24)23-16-8-4-7-14(9-16)17-12-25-18-10-15(11-22-19(17)18)13-5-2-1-3-6-13/h1-12H,(H3,21,23,24). The first-order chi connectivity index (χ1) is 12.2. The van der Waals surface area contributed by atoms with Crippen LogP contribution in [0.1, 0.15) is 0 Å². The maximum absolute atomic E-state index is 11.0. The van der Waals surface area contributed by atoms with Crippen molar-refractivity contribution in [2.75, 3.05) is 5.32 Å². The second kappa shape index (κ2) is 6.13. The summed E-state index contributed by atoms with van der Waals surface area (Å²) in [5, 5.41) is 2.57. The minimum atomic E-state index is -0.597. The number of primary amides is 1. The molecule has 0 unspecified atom stereocenters. The molecule has 0 bridgehead atoms.